The van der Waals surface area contributed by atoms with E-state index < -0.39 is 0 Å². The van der Waals surface area contributed by atoms with Gasteiger partial charge in [0.25, 0.3) is 0 Å². The van der Waals surface area contributed by atoms with Crippen molar-refractivity contribution in [1.82, 2.24) is 4.90 Å². The lowest BCUT2D eigenvalue weighted by atomic mass is 10.5. The molecule has 0 spiro atoms. The highest BCUT2D eigenvalue weighted by molar-refractivity contribution is 8.14. The van der Waals surface area contributed by atoms with Crippen molar-refractivity contribution >= 4 is 22.8 Å². The molecular weight excluding hydrogens is 160 g/mol. The van der Waals surface area contributed by atoms with Crippen LogP contribution >= 0.6 is 11.8 Å². The quantitative estimate of drug-likeness (QED) is 0.584. The van der Waals surface area contributed by atoms with Gasteiger partial charge in [0.2, 0.25) is 5.91 Å². The maximum Gasteiger partial charge on any atom is 0.248 e. The van der Waals surface area contributed by atoms with E-state index in [4.69, 9.17) is 0 Å². The number of rotatable bonds is 1. The van der Waals surface area contributed by atoms with Crippen molar-refractivity contribution in [3.63, 3.8) is 0 Å². The first kappa shape index (κ1) is 8.59. The van der Waals surface area contributed by atoms with Gasteiger partial charge in [0.15, 0.2) is 5.17 Å². The van der Waals surface area contributed by atoms with Crippen LogP contribution < -0.4 is 0 Å². The third-order valence-electron chi connectivity index (χ3n) is 1.42. The molecule has 0 N–H and O–H groups in total. The standard InChI is InChI=1S/C7H11N2OS/c1-3-6(10)8-7-9(2)4-5-11-7/h1,3-5H2,2H3. The molecule has 1 radical (unpaired) electrons. The fourth-order valence-corrected chi connectivity index (χ4v) is 1.79. The van der Waals surface area contributed by atoms with E-state index in [0.717, 1.165) is 17.5 Å². The number of amidine groups is 1. The zero-order valence-electron chi connectivity index (χ0n) is 6.54. The van der Waals surface area contributed by atoms with E-state index in [1.54, 1.807) is 11.8 Å². The fraction of sp³-hybridized carbons (Fsp3) is 0.571. The minimum atomic E-state index is -0.138. The Labute approximate surface area is 70.9 Å². The molecule has 1 amide bonds. The number of nitrogens with zero attached hydrogens (tertiary/aromatic N) is 2. The average molecular weight is 171 g/mol. The first-order chi connectivity index (χ1) is 5.24. The molecule has 3 nitrogen and oxygen atoms in total. The van der Waals surface area contributed by atoms with Crippen molar-refractivity contribution in [2.75, 3.05) is 19.3 Å². The van der Waals surface area contributed by atoms with Crippen LogP contribution in [0, 0.1) is 6.92 Å². The molecule has 0 saturated carbocycles. The number of hydrogen-bond donors (Lipinski definition) is 0. The number of thioether (sulfide) groups is 1. The summed E-state index contributed by atoms with van der Waals surface area (Å²) in [4.78, 5) is 16.7. The van der Waals surface area contributed by atoms with Gasteiger partial charge in [0.05, 0.1) is 0 Å². The van der Waals surface area contributed by atoms with Gasteiger partial charge in [-0.15, -0.1) is 0 Å². The number of amides is 1. The van der Waals surface area contributed by atoms with Crippen molar-refractivity contribution in [2.45, 2.75) is 6.42 Å². The summed E-state index contributed by atoms with van der Waals surface area (Å²) in [6, 6.07) is 0. The summed E-state index contributed by atoms with van der Waals surface area (Å²) in [7, 11) is 1.94. The van der Waals surface area contributed by atoms with Crippen molar-refractivity contribution in [3.8, 4) is 0 Å². The van der Waals surface area contributed by atoms with E-state index in [1.807, 2.05) is 11.9 Å². The van der Waals surface area contributed by atoms with Crippen molar-refractivity contribution < 1.29 is 4.79 Å². The lowest BCUT2D eigenvalue weighted by Crippen LogP contribution is -2.19. The van der Waals surface area contributed by atoms with E-state index in [9.17, 15) is 4.79 Å². The van der Waals surface area contributed by atoms with Gasteiger partial charge in [-0.1, -0.05) is 11.8 Å². The van der Waals surface area contributed by atoms with Gasteiger partial charge in [-0.2, -0.15) is 4.99 Å². The lowest BCUT2D eigenvalue weighted by Gasteiger charge is -2.07. The van der Waals surface area contributed by atoms with Crippen LogP contribution in [-0.4, -0.2) is 35.3 Å². The van der Waals surface area contributed by atoms with Crippen LogP contribution in [0.25, 0.3) is 0 Å². The minimum absolute atomic E-state index is 0.138. The zero-order valence-corrected chi connectivity index (χ0v) is 7.36. The summed E-state index contributed by atoms with van der Waals surface area (Å²) < 4.78 is 0. The van der Waals surface area contributed by atoms with Crippen LogP contribution in [0.1, 0.15) is 6.42 Å². The Morgan fingerprint density at radius 2 is 2.64 bits per heavy atom. The van der Waals surface area contributed by atoms with Crippen LogP contribution in [0.5, 0.6) is 0 Å². The molecule has 1 heterocycles. The Morgan fingerprint density at radius 3 is 3.09 bits per heavy atom. The van der Waals surface area contributed by atoms with E-state index in [2.05, 4.69) is 11.9 Å². The molecule has 1 aliphatic rings. The van der Waals surface area contributed by atoms with Gasteiger partial charge in [-0.3, -0.25) is 4.79 Å². The third kappa shape index (κ3) is 2.22. The molecule has 0 aliphatic carbocycles. The predicted octanol–water partition coefficient (Wildman–Crippen LogP) is 0.772. The third-order valence-corrected chi connectivity index (χ3v) is 2.47. The Morgan fingerprint density at radius 1 is 1.91 bits per heavy atom. The molecule has 11 heavy (non-hydrogen) atoms. The Hall–Kier alpha value is -0.510. The van der Waals surface area contributed by atoms with Gasteiger partial charge in [-0.05, 0) is 6.92 Å². The van der Waals surface area contributed by atoms with Crippen molar-refractivity contribution in [3.05, 3.63) is 6.92 Å². The summed E-state index contributed by atoms with van der Waals surface area (Å²) in [6.45, 7) is 4.45. The highest BCUT2D eigenvalue weighted by Crippen LogP contribution is 2.15. The van der Waals surface area contributed by atoms with Crippen LogP contribution in [0.15, 0.2) is 4.99 Å². The molecule has 0 aromatic carbocycles. The maximum absolute atomic E-state index is 10.8. The minimum Gasteiger partial charge on any atom is -0.353 e. The first-order valence-electron chi connectivity index (χ1n) is 3.48. The fourth-order valence-electron chi connectivity index (χ4n) is 0.760. The maximum atomic E-state index is 10.8. The van der Waals surface area contributed by atoms with Crippen LogP contribution in [0.4, 0.5) is 0 Å². The second kappa shape index (κ2) is 3.76. The summed E-state index contributed by atoms with van der Waals surface area (Å²) in [5.41, 5.74) is 0. The molecular formula is C7H11N2OS. The lowest BCUT2D eigenvalue weighted by molar-refractivity contribution is -0.117. The second-order valence-electron chi connectivity index (χ2n) is 2.31. The van der Waals surface area contributed by atoms with Crippen molar-refractivity contribution in [1.29, 1.82) is 0 Å². The second-order valence-corrected chi connectivity index (χ2v) is 3.37. The summed E-state index contributed by atoms with van der Waals surface area (Å²) in [5, 5.41) is 0.832. The number of carbonyl (C=O) groups is 1. The number of hydrogen-bond acceptors (Lipinski definition) is 2. The van der Waals surface area contributed by atoms with E-state index in [0.29, 0.717) is 0 Å². The topological polar surface area (TPSA) is 32.7 Å². The van der Waals surface area contributed by atoms with E-state index >= 15 is 0 Å². The first-order valence-corrected chi connectivity index (χ1v) is 4.47. The average Bonchev–Trinajstić information content (AvgIpc) is 2.37. The van der Waals surface area contributed by atoms with Crippen LogP contribution in [0.3, 0.4) is 0 Å². The highest BCUT2D eigenvalue weighted by atomic mass is 32.2. The molecule has 61 valence electrons. The normalized spacial score (nSPS) is 21.3. The predicted molar refractivity (Wildman–Crippen MR) is 47.5 cm³/mol. The van der Waals surface area contributed by atoms with Gasteiger partial charge in [-0.25, -0.2) is 0 Å². The monoisotopic (exact) mass is 171 g/mol. The molecule has 0 bridgehead atoms. The van der Waals surface area contributed by atoms with E-state index in [-0.39, 0.29) is 12.3 Å². The number of carbonyl (C=O) groups excluding carboxylic acids is 1. The summed E-state index contributed by atoms with van der Waals surface area (Å²) in [6.07, 6.45) is 0.248. The van der Waals surface area contributed by atoms with E-state index in [1.165, 1.54) is 0 Å². The van der Waals surface area contributed by atoms with Gasteiger partial charge < -0.3 is 4.90 Å². The van der Waals surface area contributed by atoms with Gasteiger partial charge in [0.1, 0.15) is 0 Å². The molecule has 1 saturated heterocycles. The molecule has 4 heteroatoms. The van der Waals surface area contributed by atoms with Gasteiger partial charge in [0, 0.05) is 25.8 Å². The molecule has 1 aliphatic heterocycles. The smallest absolute Gasteiger partial charge is 0.248 e. The SMILES string of the molecule is [CH2]CC(=O)N=C1SCCN1C. The summed E-state index contributed by atoms with van der Waals surface area (Å²) >= 11 is 1.62. The van der Waals surface area contributed by atoms with Crippen LogP contribution in [-0.2, 0) is 4.79 Å². The molecule has 0 aromatic rings. The Balaban J connectivity index is 2.57. The van der Waals surface area contributed by atoms with Gasteiger partial charge >= 0.3 is 0 Å². The number of aliphatic imine (C=N–C) groups is 1. The highest BCUT2D eigenvalue weighted by Gasteiger charge is 2.15. The van der Waals surface area contributed by atoms with Crippen LogP contribution in [0.2, 0.25) is 0 Å². The molecule has 0 unspecified atom stereocenters. The largest absolute Gasteiger partial charge is 0.353 e. The molecule has 0 atom stereocenters. The molecule has 1 rings (SSSR count). The Kier molecular flexibility index (Phi) is 2.93. The van der Waals surface area contributed by atoms with Crippen molar-refractivity contribution in [2.24, 2.45) is 4.99 Å². The Bertz CT molecular complexity index is 191. The summed E-state index contributed by atoms with van der Waals surface area (Å²) in [5.74, 6) is 0.890. The molecule has 0 aromatic heterocycles. The zero-order chi connectivity index (χ0) is 8.27. The molecule has 1 fully saturated rings.